The van der Waals surface area contributed by atoms with Gasteiger partial charge in [0, 0.05) is 79.3 Å². The Hall–Kier alpha value is -8.89. The lowest BCUT2D eigenvalue weighted by Gasteiger charge is -2.34. The lowest BCUT2D eigenvalue weighted by molar-refractivity contribution is 0.224. The van der Waals surface area contributed by atoms with Crippen molar-refractivity contribution < 1.29 is 0 Å². The third-order valence-electron chi connectivity index (χ3n) is 16.0. The fraction of sp³-hybridized carbons (Fsp3) is 0.208. The van der Waals surface area contributed by atoms with Crippen LogP contribution in [0, 0.1) is 23.7 Å². The van der Waals surface area contributed by atoms with E-state index in [0.717, 1.165) is 17.3 Å². The number of nitriles is 1. The van der Waals surface area contributed by atoms with Crippen LogP contribution >= 0.6 is 0 Å². The van der Waals surface area contributed by atoms with Gasteiger partial charge in [-0.2, -0.15) is 5.26 Å². The quantitative estimate of drug-likeness (QED) is 0.114. The van der Waals surface area contributed by atoms with Crippen molar-refractivity contribution in [2.45, 2.75) is 72.0 Å². The summed E-state index contributed by atoms with van der Waals surface area (Å²) in [4.78, 5) is 8.81. The molecular formula is C77H83N5Si. The average molecular weight is 1110 g/mol. The third kappa shape index (κ3) is 16.9. The summed E-state index contributed by atoms with van der Waals surface area (Å²) in [7, 11) is 7.16. The minimum atomic E-state index is -1.23. The highest BCUT2D eigenvalue weighted by Crippen LogP contribution is 2.43. The molecule has 11 rings (SSSR count). The van der Waals surface area contributed by atoms with E-state index in [1.807, 2.05) is 55.6 Å². The summed E-state index contributed by atoms with van der Waals surface area (Å²) in [6, 6.07) is 95.5. The van der Waals surface area contributed by atoms with Crippen molar-refractivity contribution in [2.75, 3.05) is 47.8 Å². The van der Waals surface area contributed by atoms with Crippen LogP contribution in [0.2, 0.25) is 19.6 Å². The van der Waals surface area contributed by atoms with Crippen LogP contribution in [0.1, 0.15) is 62.1 Å². The molecule has 0 aliphatic heterocycles. The van der Waals surface area contributed by atoms with Crippen molar-refractivity contribution in [3.8, 4) is 28.3 Å². The molecule has 0 aromatic heterocycles. The number of hydrogen-bond donors (Lipinski definition) is 0. The van der Waals surface area contributed by atoms with Crippen LogP contribution in [0.5, 0.6) is 0 Å². The van der Waals surface area contributed by atoms with E-state index in [1.54, 1.807) is 0 Å². The molecule has 0 N–H and O–H groups in total. The average Bonchev–Trinajstić information content (AvgIpc) is 3.74. The molecule has 420 valence electrons. The number of rotatable bonds is 12. The summed E-state index contributed by atoms with van der Waals surface area (Å²) in [5, 5.41) is 10.3. The second kappa shape index (κ2) is 28.7. The van der Waals surface area contributed by atoms with E-state index in [4.69, 9.17) is 5.26 Å². The van der Waals surface area contributed by atoms with E-state index in [1.165, 1.54) is 98.4 Å². The Bertz CT molecular complexity index is 3550. The molecule has 0 unspecified atom stereocenters. The highest BCUT2D eigenvalue weighted by molar-refractivity contribution is 6.88. The normalized spacial score (nSPS) is 12.5. The Morgan fingerprint density at radius 3 is 1.19 bits per heavy atom. The highest BCUT2D eigenvalue weighted by Gasteiger charge is 2.27. The molecular weight excluding hydrogens is 1020 g/mol. The number of benzene rings is 10. The van der Waals surface area contributed by atoms with Crippen LogP contribution in [-0.2, 0) is 0 Å². The SMILES string of the molecule is CN(c1ccc(C2CCC(C)(C)CC2)cc1)c1ccc([Si](C)(C)C)cc1.CN(c1ccccc1)c1ccc(-c2ccccc2)cc1.CN(c1ccccc1)c1ccccc1-c1ccccc1.Cc1ccc(N(C)c2ccc(C#N)cc2)cc1. The van der Waals surface area contributed by atoms with E-state index in [9.17, 15) is 0 Å². The molecule has 10 aromatic carbocycles. The maximum absolute atomic E-state index is 8.75. The zero-order chi connectivity index (χ0) is 58.8. The molecule has 5 nitrogen and oxygen atoms in total. The van der Waals surface area contributed by atoms with Gasteiger partial charge in [0.2, 0.25) is 0 Å². The van der Waals surface area contributed by atoms with E-state index in [2.05, 4.69) is 306 Å². The Kier molecular flexibility index (Phi) is 20.8. The number of nitrogens with zero attached hydrogens (tertiary/aromatic N) is 5. The molecule has 0 saturated heterocycles. The number of aryl methyl sites for hydroxylation is 1. The molecule has 1 aliphatic carbocycles. The Labute approximate surface area is 498 Å². The van der Waals surface area contributed by atoms with Crippen molar-refractivity contribution in [1.82, 2.24) is 0 Å². The van der Waals surface area contributed by atoms with Gasteiger partial charge in [0.1, 0.15) is 0 Å². The summed E-state index contributed by atoms with van der Waals surface area (Å²) in [5.74, 6) is 0.749. The maximum atomic E-state index is 8.75. The van der Waals surface area contributed by atoms with Gasteiger partial charge >= 0.3 is 0 Å². The van der Waals surface area contributed by atoms with Gasteiger partial charge in [0.15, 0.2) is 0 Å². The Morgan fingerprint density at radius 2 is 0.735 bits per heavy atom. The molecule has 1 aliphatic rings. The van der Waals surface area contributed by atoms with Gasteiger partial charge in [0.05, 0.1) is 19.7 Å². The molecule has 6 heteroatoms. The zero-order valence-electron chi connectivity index (χ0n) is 50.5. The van der Waals surface area contributed by atoms with Crippen molar-refractivity contribution in [2.24, 2.45) is 5.41 Å². The molecule has 10 aromatic rings. The molecule has 1 saturated carbocycles. The van der Waals surface area contributed by atoms with Crippen LogP contribution in [0.4, 0.5) is 45.5 Å². The van der Waals surface area contributed by atoms with E-state index >= 15 is 0 Å². The first-order chi connectivity index (χ1) is 40.1. The van der Waals surface area contributed by atoms with Crippen LogP contribution in [0.25, 0.3) is 22.3 Å². The molecule has 0 heterocycles. The number of hydrogen-bond acceptors (Lipinski definition) is 5. The van der Waals surface area contributed by atoms with Gasteiger partial charge in [-0.05, 0) is 169 Å². The summed E-state index contributed by atoms with van der Waals surface area (Å²) in [6.45, 7) is 14.1. The molecule has 0 spiro atoms. The van der Waals surface area contributed by atoms with Gasteiger partial charge in [-0.25, -0.2) is 0 Å². The molecule has 0 radical (unpaired) electrons. The monoisotopic (exact) mass is 1110 g/mol. The molecule has 0 amide bonds. The Balaban J connectivity index is 0.000000146. The smallest absolute Gasteiger partial charge is 0.0991 e. The van der Waals surface area contributed by atoms with Gasteiger partial charge in [-0.3, -0.25) is 0 Å². The first kappa shape index (κ1) is 60.2. The van der Waals surface area contributed by atoms with E-state index in [-0.39, 0.29) is 0 Å². The lowest BCUT2D eigenvalue weighted by Crippen LogP contribution is -2.37. The second-order valence-electron chi connectivity index (χ2n) is 23.5. The Morgan fingerprint density at radius 1 is 0.386 bits per heavy atom. The fourth-order valence-electron chi connectivity index (χ4n) is 10.4. The first-order valence-electron chi connectivity index (χ1n) is 29.2. The molecule has 83 heavy (non-hydrogen) atoms. The summed E-state index contributed by atoms with van der Waals surface area (Å²) in [5.41, 5.74) is 18.5. The van der Waals surface area contributed by atoms with Gasteiger partial charge in [-0.1, -0.05) is 208 Å². The summed E-state index contributed by atoms with van der Waals surface area (Å²) >= 11 is 0. The predicted molar refractivity (Wildman–Crippen MR) is 362 cm³/mol. The van der Waals surface area contributed by atoms with Crippen molar-refractivity contribution in [3.63, 3.8) is 0 Å². The first-order valence-corrected chi connectivity index (χ1v) is 32.7. The maximum Gasteiger partial charge on any atom is 0.0991 e. The fourth-order valence-corrected chi connectivity index (χ4v) is 11.6. The lowest BCUT2D eigenvalue weighted by atomic mass is 9.71. The standard InChI is InChI=1S/C24H35NSi.2C19H17N.C15H14N2/c1-24(2)17-15-20(16-18-24)19-7-9-21(10-8-19)25(3)22-11-13-23(14-12-22)26(4,5)6;1-20(17-12-6-3-7-13-17)19-15-9-8-14-18(19)16-10-4-2-5-11-16;1-20(18-10-6-3-7-11-18)19-14-12-17(13-15-19)16-8-4-2-5-9-16;1-12-3-7-14(8-4-12)17(2)15-9-5-13(11-16)6-10-15/h7-14,20H,15-18H2,1-6H3;2*2-15H,1H3;3-10H,1-2H3. The zero-order valence-corrected chi connectivity index (χ0v) is 51.5. The van der Waals surface area contributed by atoms with Crippen molar-refractivity contribution in [3.05, 3.63) is 284 Å². The number of anilines is 8. The van der Waals surface area contributed by atoms with Crippen molar-refractivity contribution >= 4 is 58.8 Å². The van der Waals surface area contributed by atoms with Crippen molar-refractivity contribution in [1.29, 1.82) is 5.26 Å². The molecule has 0 bridgehead atoms. The minimum absolute atomic E-state index is 0.540. The third-order valence-corrected chi connectivity index (χ3v) is 18.1. The van der Waals surface area contributed by atoms with Gasteiger partial charge < -0.3 is 19.6 Å². The highest BCUT2D eigenvalue weighted by atomic mass is 28.3. The molecule has 1 fully saturated rings. The second-order valence-corrected chi connectivity index (χ2v) is 28.6. The molecule has 0 atom stereocenters. The van der Waals surface area contributed by atoms with Crippen LogP contribution in [0.3, 0.4) is 0 Å². The van der Waals surface area contributed by atoms with Crippen LogP contribution in [0.15, 0.2) is 267 Å². The van der Waals surface area contributed by atoms with E-state index in [0.29, 0.717) is 11.0 Å². The van der Waals surface area contributed by atoms with Crippen LogP contribution < -0.4 is 24.8 Å². The topological polar surface area (TPSA) is 36.8 Å². The summed E-state index contributed by atoms with van der Waals surface area (Å²) < 4.78 is 0. The van der Waals surface area contributed by atoms with E-state index < -0.39 is 8.07 Å². The largest absolute Gasteiger partial charge is 0.345 e. The van der Waals surface area contributed by atoms with Gasteiger partial charge in [0.25, 0.3) is 0 Å². The predicted octanol–water partition coefficient (Wildman–Crippen LogP) is 20.6. The summed E-state index contributed by atoms with van der Waals surface area (Å²) in [6.07, 6.45) is 5.37. The van der Waals surface area contributed by atoms with Gasteiger partial charge in [-0.15, -0.1) is 0 Å². The van der Waals surface area contributed by atoms with Crippen LogP contribution in [-0.4, -0.2) is 36.3 Å². The number of para-hydroxylation sites is 3. The minimum Gasteiger partial charge on any atom is -0.345 e.